The minimum absolute atomic E-state index is 0.121. The van der Waals surface area contributed by atoms with Crippen molar-refractivity contribution in [1.82, 2.24) is 5.32 Å². The third-order valence-corrected chi connectivity index (χ3v) is 4.19. The highest BCUT2D eigenvalue weighted by atomic mass is 19.4. The van der Waals surface area contributed by atoms with Crippen LogP contribution in [0.15, 0.2) is 48.5 Å². The fourth-order valence-electron chi connectivity index (χ4n) is 2.64. The van der Waals surface area contributed by atoms with Crippen LogP contribution in [-0.4, -0.2) is 25.0 Å². The molecule has 1 N–H and O–H groups in total. The molecule has 0 heterocycles. The van der Waals surface area contributed by atoms with Crippen molar-refractivity contribution < 1.29 is 40.7 Å². The lowest BCUT2D eigenvalue weighted by atomic mass is 10.0. The Morgan fingerprint density at radius 2 is 1.27 bits per heavy atom. The van der Waals surface area contributed by atoms with Gasteiger partial charge in [0.25, 0.3) is 0 Å². The van der Waals surface area contributed by atoms with Crippen molar-refractivity contribution in [2.24, 2.45) is 0 Å². The highest BCUT2D eigenvalue weighted by Gasteiger charge is 2.31. The van der Waals surface area contributed by atoms with Gasteiger partial charge in [-0.05, 0) is 35.4 Å². The summed E-state index contributed by atoms with van der Waals surface area (Å²) in [6.07, 6.45) is -9.42. The summed E-state index contributed by atoms with van der Waals surface area (Å²) in [6.45, 7) is 0. The van der Waals surface area contributed by atoms with Gasteiger partial charge in [0.05, 0.1) is 24.7 Å². The Hall–Kier alpha value is -3.04. The quantitative estimate of drug-likeness (QED) is 0.550. The number of amides is 1. The van der Waals surface area contributed by atoms with Gasteiger partial charge in [-0.25, -0.2) is 4.79 Å². The van der Waals surface area contributed by atoms with Gasteiger partial charge in [0.1, 0.15) is 6.04 Å². The molecule has 0 aliphatic carbocycles. The van der Waals surface area contributed by atoms with Crippen molar-refractivity contribution in [3.05, 3.63) is 70.8 Å². The van der Waals surface area contributed by atoms with E-state index in [9.17, 15) is 35.9 Å². The van der Waals surface area contributed by atoms with E-state index in [1.807, 2.05) is 0 Å². The van der Waals surface area contributed by atoms with Crippen LogP contribution < -0.4 is 5.32 Å². The van der Waals surface area contributed by atoms with E-state index in [-0.39, 0.29) is 12.8 Å². The second kappa shape index (κ2) is 9.19. The SMILES string of the molecule is COC(=O)[C@H](Cc1ccc(C(F)(F)F)cc1)NC(=O)Cc1ccc(C(F)(F)F)cc1. The van der Waals surface area contributed by atoms with Gasteiger partial charge in [0.15, 0.2) is 0 Å². The third kappa shape index (κ3) is 6.50. The summed E-state index contributed by atoms with van der Waals surface area (Å²) in [5.41, 5.74) is -1.07. The number of ether oxygens (including phenoxy) is 1. The Kier molecular flexibility index (Phi) is 7.12. The molecule has 2 aromatic rings. The normalized spacial score (nSPS) is 12.9. The average molecular weight is 433 g/mol. The van der Waals surface area contributed by atoms with Crippen LogP contribution in [0.5, 0.6) is 0 Å². The lowest BCUT2D eigenvalue weighted by Gasteiger charge is -2.17. The summed E-state index contributed by atoms with van der Waals surface area (Å²) in [6, 6.07) is 6.86. The van der Waals surface area contributed by atoms with Crippen LogP contribution >= 0.6 is 0 Å². The molecule has 1 amide bonds. The fourth-order valence-corrected chi connectivity index (χ4v) is 2.64. The van der Waals surface area contributed by atoms with Crippen LogP contribution in [0.1, 0.15) is 22.3 Å². The van der Waals surface area contributed by atoms with Gasteiger partial charge in [-0.15, -0.1) is 0 Å². The summed E-state index contributed by atoms with van der Waals surface area (Å²) in [5, 5.41) is 2.40. The van der Waals surface area contributed by atoms with Gasteiger partial charge in [0.2, 0.25) is 5.91 Å². The number of hydrogen-bond donors (Lipinski definition) is 1. The van der Waals surface area contributed by atoms with Crippen molar-refractivity contribution in [3.8, 4) is 0 Å². The standard InChI is InChI=1S/C20H17F6NO3/c1-30-18(29)16(10-12-2-6-14(7-3-12)19(21,22)23)27-17(28)11-13-4-8-15(9-5-13)20(24,25)26/h2-9,16H,10-11H2,1H3,(H,27,28)/t16-/m0/s1. The van der Waals surface area contributed by atoms with Crippen LogP contribution in [0, 0.1) is 0 Å². The van der Waals surface area contributed by atoms with Crippen molar-refractivity contribution in [2.45, 2.75) is 31.2 Å². The minimum Gasteiger partial charge on any atom is -0.467 e. The molecule has 10 heteroatoms. The zero-order valence-electron chi connectivity index (χ0n) is 15.6. The number of benzene rings is 2. The number of carbonyl (C=O) groups is 2. The van der Waals surface area contributed by atoms with Crippen LogP contribution in [0.2, 0.25) is 0 Å². The van der Waals surface area contributed by atoms with Crippen molar-refractivity contribution >= 4 is 11.9 Å². The van der Waals surface area contributed by atoms with E-state index in [1.54, 1.807) is 0 Å². The lowest BCUT2D eigenvalue weighted by molar-refractivity contribution is -0.145. The zero-order chi connectivity index (χ0) is 22.5. The Morgan fingerprint density at radius 1 is 0.833 bits per heavy atom. The highest BCUT2D eigenvalue weighted by molar-refractivity contribution is 5.85. The van der Waals surface area contributed by atoms with E-state index in [4.69, 9.17) is 0 Å². The number of nitrogens with one attached hydrogen (secondary N) is 1. The number of halogens is 6. The second-order valence-corrected chi connectivity index (χ2v) is 6.41. The van der Waals surface area contributed by atoms with Gasteiger partial charge >= 0.3 is 18.3 Å². The van der Waals surface area contributed by atoms with Gasteiger partial charge in [-0.3, -0.25) is 4.79 Å². The molecular weight excluding hydrogens is 416 g/mol. The fraction of sp³-hybridized carbons (Fsp3) is 0.300. The van der Waals surface area contributed by atoms with Crippen molar-refractivity contribution in [2.75, 3.05) is 7.11 Å². The Morgan fingerprint density at radius 3 is 1.67 bits per heavy atom. The molecule has 0 spiro atoms. The van der Waals surface area contributed by atoms with Crippen LogP contribution in [0.4, 0.5) is 26.3 Å². The molecule has 0 aromatic heterocycles. The maximum atomic E-state index is 12.6. The number of carbonyl (C=O) groups excluding carboxylic acids is 2. The average Bonchev–Trinajstić information content (AvgIpc) is 2.66. The first kappa shape index (κ1) is 23.2. The summed E-state index contributed by atoms with van der Waals surface area (Å²) >= 11 is 0. The molecule has 0 aliphatic heterocycles. The van der Waals surface area contributed by atoms with E-state index in [0.717, 1.165) is 43.5 Å². The molecule has 0 bridgehead atoms. The summed E-state index contributed by atoms with van der Waals surface area (Å²) in [4.78, 5) is 24.2. The first-order valence-electron chi connectivity index (χ1n) is 8.59. The predicted molar refractivity (Wildman–Crippen MR) is 94.2 cm³/mol. The highest BCUT2D eigenvalue weighted by Crippen LogP contribution is 2.30. The molecule has 0 saturated heterocycles. The summed E-state index contributed by atoms with van der Waals surface area (Å²) < 4.78 is 80.3. The molecule has 0 saturated carbocycles. The van der Waals surface area contributed by atoms with E-state index in [2.05, 4.69) is 10.1 Å². The number of alkyl halides is 6. The minimum atomic E-state index is -4.50. The maximum Gasteiger partial charge on any atom is 0.416 e. The first-order chi connectivity index (χ1) is 13.9. The number of rotatable bonds is 6. The van der Waals surface area contributed by atoms with Gasteiger partial charge in [-0.2, -0.15) is 26.3 Å². The maximum absolute atomic E-state index is 12.6. The number of hydrogen-bond acceptors (Lipinski definition) is 3. The summed E-state index contributed by atoms with van der Waals surface area (Å²) in [5.74, 6) is -1.47. The second-order valence-electron chi connectivity index (χ2n) is 6.41. The third-order valence-electron chi connectivity index (χ3n) is 4.19. The molecule has 0 unspecified atom stereocenters. The molecule has 2 rings (SSSR count). The summed E-state index contributed by atoms with van der Waals surface area (Å²) in [7, 11) is 1.09. The Balaban J connectivity index is 2.05. The molecule has 30 heavy (non-hydrogen) atoms. The predicted octanol–water partition coefficient (Wildman–Crippen LogP) is 4.17. The number of esters is 1. The topological polar surface area (TPSA) is 55.4 Å². The zero-order valence-corrected chi connectivity index (χ0v) is 15.6. The van der Waals surface area contributed by atoms with E-state index in [1.165, 1.54) is 12.1 Å². The van der Waals surface area contributed by atoms with Crippen LogP contribution in [-0.2, 0) is 39.5 Å². The molecule has 162 valence electrons. The smallest absolute Gasteiger partial charge is 0.416 e. The molecule has 0 aliphatic rings. The molecule has 2 aromatic carbocycles. The molecule has 4 nitrogen and oxygen atoms in total. The monoisotopic (exact) mass is 433 g/mol. The first-order valence-corrected chi connectivity index (χ1v) is 8.59. The molecule has 1 atom stereocenters. The van der Waals surface area contributed by atoms with Crippen LogP contribution in [0.25, 0.3) is 0 Å². The largest absolute Gasteiger partial charge is 0.467 e. The molecule has 0 fully saturated rings. The lowest BCUT2D eigenvalue weighted by Crippen LogP contribution is -2.43. The Bertz CT molecular complexity index is 873. The van der Waals surface area contributed by atoms with E-state index in [0.29, 0.717) is 11.1 Å². The van der Waals surface area contributed by atoms with Gasteiger partial charge in [0, 0.05) is 6.42 Å². The van der Waals surface area contributed by atoms with Crippen molar-refractivity contribution in [1.29, 1.82) is 0 Å². The van der Waals surface area contributed by atoms with Gasteiger partial charge in [-0.1, -0.05) is 24.3 Å². The molecule has 0 radical (unpaired) electrons. The van der Waals surface area contributed by atoms with Gasteiger partial charge < -0.3 is 10.1 Å². The van der Waals surface area contributed by atoms with E-state index >= 15 is 0 Å². The Labute approximate surface area is 167 Å². The number of methoxy groups -OCH3 is 1. The van der Waals surface area contributed by atoms with E-state index < -0.39 is 41.4 Å². The van der Waals surface area contributed by atoms with Crippen molar-refractivity contribution in [3.63, 3.8) is 0 Å². The molecular formula is C20H17F6NO3. The van der Waals surface area contributed by atoms with Crippen LogP contribution in [0.3, 0.4) is 0 Å².